The van der Waals surface area contributed by atoms with Crippen molar-refractivity contribution in [1.82, 2.24) is 20.6 Å². The average molecular weight is 391 g/mol. The number of nitrogens with zero attached hydrogens (tertiary/aromatic N) is 2. The summed E-state index contributed by atoms with van der Waals surface area (Å²) in [5.41, 5.74) is 4.15. The van der Waals surface area contributed by atoms with E-state index in [0.29, 0.717) is 25.0 Å². The number of halogens is 1. The van der Waals surface area contributed by atoms with Crippen LogP contribution in [0.3, 0.4) is 0 Å². The molecule has 1 aliphatic rings. The minimum atomic E-state index is -0.209. The molecule has 6 heteroatoms. The summed E-state index contributed by atoms with van der Waals surface area (Å²) in [4.78, 5) is 8.95. The molecule has 2 aromatic carbocycles. The molecule has 150 valence electrons. The van der Waals surface area contributed by atoms with Crippen LogP contribution in [0.4, 0.5) is 10.3 Å². The van der Waals surface area contributed by atoms with E-state index in [1.807, 2.05) is 12.1 Å². The first-order valence-electron chi connectivity index (χ1n) is 10.1. The van der Waals surface area contributed by atoms with Gasteiger partial charge in [0.25, 0.3) is 0 Å². The molecule has 0 spiro atoms. The number of hydrogen-bond acceptors (Lipinski definition) is 5. The van der Waals surface area contributed by atoms with Gasteiger partial charge in [0, 0.05) is 37.4 Å². The maximum Gasteiger partial charge on any atom is 0.223 e. The molecule has 0 bridgehead atoms. The van der Waals surface area contributed by atoms with Crippen LogP contribution in [-0.2, 0) is 13.0 Å². The molecule has 0 radical (unpaired) electrons. The van der Waals surface area contributed by atoms with Gasteiger partial charge in [-0.25, -0.2) is 14.4 Å². The Morgan fingerprint density at radius 1 is 1.07 bits per heavy atom. The zero-order valence-electron chi connectivity index (χ0n) is 16.4. The number of benzene rings is 2. The number of nitrogens with one attached hydrogen (secondary N) is 3. The van der Waals surface area contributed by atoms with Gasteiger partial charge in [-0.15, -0.1) is 0 Å². The Labute approximate surface area is 170 Å². The number of anilines is 1. The first-order valence-corrected chi connectivity index (χ1v) is 10.1. The Bertz CT molecular complexity index is 940. The molecule has 1 unspecified atom stereocenters. The van der Waals surface area contributed by atoms with Crippen molar-refractivity contribution in [2.24, 2.45) is 0 Å². The van der Waals surface area contributed by atoms with Crippen molar-refractivity contribution in [2.45, 2.75) is 25.4 Å². The van der Waals surface area contributed by atoms with Gasteiger partial charge in [-0.05, 0) is 54.8 Å². The lowest BCUT2D eigenvalue weighted by Crippen LogP contribution is -2.30. The van der Waals surface area contributed by atoms with Crippen LogP contribution in [0.2, 0.25) is 0 Å². The normalized spacial score (nSPS) is 16.1. The third-order valence-electron chi connectivity index (χ3n) is 5.12. The van der Waals surface area contributed by atoms with Gasteiger partial charge in [-0.2, -0.15) is 0 Å². The van der Waals surface area contributed by atoms with E-state index in [4.69, 9.17) is 0 Å². The van der Waals surface area contributed by atoms with Crippen LogP contribution >= 0.6 is 0 Å². The third-order valence-corrected chi connectivity index (χ3v) is 5.12. The zero-order chi connectivity index (χ0) is 19.9. The molecule has 4 rings (SSSR count). The first kappa shape index (κ1) is 19.5. The van der Waals surface area contributed by atoms with E-state index in [2.05, 4.69) is 50.2 Å². The Morgan fingerprint density at radius 2 is 1.97 bits per heavy atom. The van der Waals surface area contributed by atoms with Crippen LogP contribution in [0.25, 0.3) is 11.3 Å². The summed E-state index contributed by atoms with van der Waals surface area (Å²) < 4.78 is 13.3. The maximum atomic E-state index is 13.3. The lowest BCUT2D eigenvalue weighted by Gasteiger charge is -2.12. The van der Waals surface area contributed by atoms with Crippen molar-refractivity contribution >= 4 is 5.95 Å². The standard InChI is InChI=1S/C23H26FN5/c24-20-6-2-3-17(14-20)7-11-26-23-27-12-9-22(29-23)19-5-1-4-18(13-19)15-28-21-8-10-25-16-21/h1-6,9,12-14,21,25,28H,7-8,10-11,15-16H2,(H,26,27,29). The second-order valence-corrected chi connectivity index (χ2v) is 7.34. The van der Waals surface area contributed by atoms with Gasteiger partial charge in [0.05, 0.1) is 5.69 Å². The maximum absolute atomic E-state index is 13.3. The van der Waals surface area contributed by atoms with E-state index in [0.717, 1.165) is 36.5 Å². The Balaban J connectivity index is 1.36. The summed E-state index contributed by atoms with van der Waals surface area (Å²) in [6.45, 7) is 3.63. The number of rotatable bonds is 8. The van der Waals surface area contributed by atoms with E-state index in [9.17, 15) is 4.39 Å². The quantitative estimate of drug-likeness (QED) is 0.549. The molecule has 0 saturated carbocycles. The minimum absolute atomic E-state index is 0.209. The van der Waals surface area contributed by atoms with Crippen molar-refractivity contribution < 1.29 is 4.39 Å². The van der Waals surface area contributed by atoms with Crippen LogP contribution in [0.5, 0.6) is 0 Å². The van der Waals surface area contributed by atoms with Gasteiger partial charge in [-0.1, -0.05) is 30.3 Å². The van der Waals surface area contributed by atoms with Gasteiger partial charge < -0.3 is 16.0 Å². The molecule has 1 aromatic heterocycles. The summed E-state index contributed by atoms with van der Waals surface area (Å²) in [5.74, 6) is 0.374. The summed E-state index contributed by atoms with van der Waals surface area (Å²) in [7, 11) is 0. The van der Waals surface area contributed by atoms with E-state index < -0.39 is 0 Å². The molecule has 29 heavy (non-hydrogen) atoms. The van der Waals surface area contributed by atoms with Gasteiger partial charge in [0.2, 0.25) is 5.95 Å². The lowest BCUT2D eigenvalue weighted by atomic mass is 10.1. The minimum Gasteiger partial charge on any atom is -0.354 e. The molecule has 0 amide bonds. The van der Waals surface area contributed by atoms with Crippen LogP contribution in [0.15, 0.2) is 60.8 Å². The molecule has 0 aliphatic carbocycles. The molecular formula is C23H26FN5. The molecule has 1 atom stereocenters. The molecule has 3 N–H and O–H groups in total. The Kier molecular flexibility index (Phi) is 6.44. The smallest absolute Gasteiger partial charge is 0.223 e. The number of hydrogen-bond donors (Lipinski definition) is 3. The highest BCUT2D eigenvalue weighted by Crippen LogP contribution is 2.19. The first-order chi connectivity index (χ1) is 14.3. The van der Waals surface area contributed by atoms with Gasteiger partial charge >= 0.3 is 0 Å². The Hall–Kier alpha value is -2.83. The topological polar surface area (TPSA) is 61.9 Å². The SMILES string of the molecule is Fc1cccc(CCNc2nccc(-c3cccc(CNC4CCNC4)c3)n2)c1. The van der Waals surface area contributed by atoms with Crippen molar-refractivity contribution in [3.05, 3.63) is 77.7 Å². The monoisotopic (exact) mass is 391 g/mol. The lowest BCUT2D eigenvalue weighted by molar-refractivity contribution is 0.547. The van der Waals surface area contributed by atoms with Gasteiger partial charge in [-0.3, -0.25) is 0 Å². The Morgan fingerprint density at radius 3 is 2.83 bits per heavy atom. The second kappa shape index (κ2) is 9.58. The fourth-order valence-corrected chi connectivity index (χ4v) is 3.55. The zero-order valence-corrected chi connectivity index (χ0v) is 16.4. The summed E-state index contributed by atoms with van der Waals surface area (Å²) in [6.07, 6.45) is 3.65. The average Bonchev–Trinajstić information content (AvgIpc) is 3.27. The van der Waals surface area contributed by atoms with Crippen LogP contribution in [0.1, 0.15) is 17.5 Å². The largest absolute Gasteiger partial charge is 0.354 e. The molecule has 5 nitrogen and oxygen atoms in total. The summed E-state index contributed by atoms with van der Waals surface area (Å²) in [5, 5.41) is 10.2. The highest BCUT2D eigenvalue weighted by atomic mass is 19.1. The summed E-state index contributed by atoms with van der Waals surface area (Å²) in [6, 6.07) is 17.6. The molecule has 1 fully saturated rings. The van der Waals surface area contributed by atoms with E-state index in [1.165, 1.54) is 18.1 Å². The molecule has 2 heterocycles. The van der Waals surface area contributed by atoms with Gasteiger partial charge in [0.1, 0.15) is 5.82 Å². The van der Waals surface area contributed by atoms with Crippen molar-refractivity contribution in [1.29, 1.82) is 0 Å². The highest BCUT2D eigenvalue weighted by Gasteiger charge is 2.13. The van der Waals surface area contributed by atoms with Crippen LogP contribution in [-0.4, -0.2) is 35.6 Å². The fourth-order valence-electron chi connectivity index (χ4n) is 3.55. The van der Waals surface area contributed by atoms with E-state index in [-0.39, 0.29) is 5.82 Å². The second-order valence-electron chi connectivity index (χ2n) is 7.34. The molecule has 1 aliphatic heterocycles. The van der Waals surface area contributed by atoms with E-state index in [1.54, 1.807) is 18.3 Å². The third kappa shape index (κ3) is 5.59. The predicted octanol–water partition coefficient (Wildman–Crippen LogP) is 3.39. The van der Waals surface area contributed by atoms with Crippen LogP contribution < -0.4 is 16.0 Å². The molecular weight excluding hydrogens is 365 g/mol. The summed E-state index contributed by atoms with van der Waals surface area (Å²) >= 11 is 0. The number of aromatic nitrogens is 2. The van der Waals surface area contributed by atoms with Crippen LogP contribution in [0, 0.1) is 5.82 Å². The van der Waals surface area contributed by atoms with E-state index >= 15 is 0 Å². The molecule has 1 saturated heterocycles. The predicted molar refractivity (Wildman–Crippen MR) is 114 cm³/mol. The fraction of sp³-hybridized carbons (Fsp3) is 0.304. The van der Waals surface area contributed by atoms with Crippen molar-refractivity contribution in [2.75, 3.05) is 25.0 Å². The van der Waals surface area contributed by atoms with Crippen molar-refractivity contribution in [3.8, 4) is 11.3 Å². The van der Waals surface area contributed by atoms with Gasteiger partial charge in [0.15, 0.2) is 0 Å². The molecule has 3 aromatic rings. The van der Waals surface area contributed by atoms with Crippen molar-refractivity contribution in [3.63, 3.8) is 0 Å². The highest BCUT2D eigenvalue weighted by molar-refractivity contribution is 5.60.